The Bertz CT molecular complexity index is 948. The molecule has 174 valence electrons. The molecule has 2 saturated carbocycles. The number of benzene rings is 1. The van der Waals surface area contributed by atoms with Crippen LogP contribution in [-0.4, -0.2) is 56.0 Å². The molecular weight excluding hydrogens is 406 g/mol. The van der Waals surface area contributed by atoms with E-state index in [0.29, 0.717) is 5.92 Å². The maximum atomic E-state index is 13.1. The number of methoxy groups -OCH3 is 2. The van der Waals surface area contributed by atoms with Crippen LogP contribution < -0.4 is 9.47 Å². The van der Waals surface area contributed by atoms with E-state index >= 15 is 0 Å². The molecule has 5 aliphatic rings. The van der Waals surface area contributed by atoms with Gasteiger partial charge in [0, 0.05) is 31.0 Å². The Balaban J connectivity index is 1.22. The molecule has 3 heterocycles. The average molecular weight is 442 g/mol. The Kier molecular flexibility index (Phi) is 4.61. The second-order valence-corrected chi connectivity index (χ2v) is 11.0. The molecule has 4 fully saturated rings. The average Bonchev–Trinajstić information content (AvgIpc) is 3.47. The fourth-order valence-electron chi connectivity index (χ4n) is 7.82. The quantitative estimate of drug-likeness (QED) is 0.526. The second kappa shape index (κ2) is 7.10. The van der Waals surface area contributed by atoms with Gasteiger partial charge in [0.1, 0.15) is 11.7 Å². The summed E-state index contributed by atoms with van der Waals surface area (Å²) in [6.07, 6.45) is 5.78. The summed E-state index contributed by atoms with van der Waals surface area (Å²) in [6, 6.07) is 4.18. The lowest BCUT2D eigenvalue weighted by molar-refractivity contribution is -0.146. The number of ether oxygens (including phenoxy) is 4. The van der Waals surface area contributed by atoms with Gasteiger partial charge in [0.15, 0.2) is 11.5 Å². The molecule has 1 spiro atoms. The van der Waals surface area contributed by atoms with Crippen molar-refractivity contribution in [2.45, 2.75) is 70.3 Å². The summed E-state index contributed by atoms with van der Waals surface area (Å²) in [5, 5.41) is 0. The Morgan fingerprint density at radius 2 is 1.94 bits per heavy atom. The normalized spacial score (nSPS) is 42.2. The predicted molar refractivity (Wildman–Crippen MR) is 119 cm³/mol. The van der Waals surface area contributed by atoms with Gasteiger partial charge in [-0.3, -0.25) is 9.69 Å². The Morgan fingerprint density at radius 1 is 1.19 bits per heavy atom. The van der Waals surface area contributed by atoms with Gasteiger partial charge in [-0.2, -0.15) is 0 Å². The van der Waals surface area contributed by atoms with Crippen LogP contribution in [0.1, 0.15) is 50.7 Å². The summed E-state index contributed by atoms with van der Waals surface area (Å²) in [5.41, 5.74) is 2.68. The van der Waals surface area contributed by atoms with Crippen molar-refractivity contribution in [2.75, 3.05) is 27.3 Å². The van der Waals surface area contributed by atoms with Gasteiger partial charge in [-0.15, -0.1) is 0 Å². The van der Waals surface area contributed by atoms with E-state index in [2.05, 4.69) is 30.9 Å². The van der Waals surface area contributed by atoms with Crippen molar-refractivity contribution < 1.29 is 23.7 Å². The van der Waals surface area contributed by atoms with E-state index in [-0.39, 0.29) is 41.0 Å². The van der Waals surface area contributed by atoms with E-state index < -0.39 is 0 Å². The van der Waals surface area contributed by atoms with Gasteiger partial charge in [0.2, 0.25) is 0 Å². The van der Waals surface area contributed by atoms with E-state index in [1.54, 1.807) is 14.2 Å². The zero-order chi connectivity index (χ0) is 22.3. The number of fused-ring (bicyclic) bond motifs is 3. The maximum absolute atomic E-state index is 13.1. The first-order valence-corrected chi connectivity index (χ1v) is 12.2. The summed E-state index contributed by atoms with van der Waals surface area (Å²) >= 11 is 0. The van der Waals surface area contributed by atoms with Gasteiger partial charge in [-0.1, -0.05) is 20.3 Å². The van der Waals surface area contributed by atoms with E-state index in [1.165, 1.54) is 30.4 Å². The number of hydrogen-bond acceptors (Lipinski definition) is 6. The molecule has 1 aromatic carbocycles. The summed E-state index contributed by atoms with van der Waals surface area (Å²) in [4.78, 5) is 15.5. The van der Waals surface area contributed by atoms with Crippen molar-refractivity contribution in [3.63, 3.8) is 0 Å². The number of carbonyl (C=O) groups excluding carboxylic acids is 1. The molecule has 0 bridgehead atoms. The van der Waals surface area contributed by atoms with Crippen LogP contribution in [0.25, 0.3) is 0 Å². The highest BCUT2D eigenvalue weighted by molar-refractivity contribution is 5.76. The van der Waals surface area contributed by atoms with Gasteiger partial charge in [-0.05, 0) is 54.9 Å². The minimum atomic E-state index is -0.0928. The molecule has 7 atom stereocenters. The van der Waals surface area contributed by atoms with Gasteiger partial charge < -0.3 is 18.9 Å². The Morgan fingerprint density at radius 3 is 2.69 bits per heavy atom. The fraction of sp³-hybridized carbons (Fsp3) is 0.731. The maximum Gasteiger partial charge on any atom is 0.311 e. The van der Waals surface area contributed by atoms with Crippen LogP contribution in [0, 0.1) is 23.2 Å². The SMILES string of the molecule is COc1cc2c(cc1OC)CN(CC1C(=O)OC3CC4(C)CCCC(C)C45OC5C31)CC2. The first-order valence-electron chi connectivity index (χ1n) is 12.2. The third-order valence-corrected chi connectivity index (χ3v) is 9.45. The van der Waals surface area contributed by atoms with Crippen LogP contribution in [0.4, 0.5) is 0 Å². The van der Waals surface area contributed by atoms with E-state index in [1.807, 2.05) is 0 Å². The molecule has 1 aromatic rings. The topological polar surface area (TPSA) is 60.5 Å². The van der Waals surface area contributed by atoms with Crippen LogP contribution >= 0.6 is 0 Å². The Labute approximate surface area is 190 Å². The van der Waals surface area contributed by atoms with Crippen LogP contribution in [0.3, 0.4) is 0 Å². The minimum absolute atomic E-state index is 0.0151. The van der Waals surface area contributed by atoms with Gasteiger partial charge in [-0.25, -0.2) is 0 Å². The first-order chi connectivity index (χ1) is 15.4. The zero-order valence-electron chi connectivity index (χ0n) is 19.7. The molecule has 6 nitrogen and oxygen atoms in total. The van der Waals surface area contributed by atoms with Crippen molar-refractivity contribution in [2.24, 2.45) is 23.2 Å². The third-order valence-electron chi connectivity index (χ3n) is 9.45. The highest BCUT2D eigenvalue weighted by atomic mass is 16.6. The lowest BCUT2D eigenvalue weighted by Crippen LogP contribution is -2.54. The number of nitrogens with zero attached hydrogens (tertiary/aromatic N) is 1. The molecule has 0 N–H and O–H groups in total. The summed E-state index contributed by atoms with van der Waals surface area (Å²) in [7, 11) is 3.35. The molecule has 0 aromatic heterocycles. The predicted octanol–water partition coefficient (Wildman–Crippen LogP) is 3.59. The zero-order valence-corrected chi connectivity index (χ0v) is 19.7. The lowest BCUT2D eigenvalue weighted by atomic mass is 9.53. The second-order valence-electron chi connectivity index (χ2n) is 11.0. The van der Waals surface area contributed by atoms with Crippen LogP contribution in [-0.2, 0) is 27.2 Å². The lowest BCUT2D eigenvalue weighted by Gasteiger charge is -2.49. The van der Waals surface area contributed by atoms with Crippen molar-refractivity contribution in [3.8, 4) is 11.5 Å². The monoisotopic (exact) mass is 441 g/mol. The Hall–Kier alpha value is -1.79. The molecule has 6 rings (SSSR count). The molecule has 0 radical (unpaired) electrons. The van der Waals surface area contributed by atoms with Gasteiger partial charge in [0.05, 0.1) is 26.2 Å². The molecule has 6 heteroatoms. The van der Waals surface area contributed by atoms with Crippen LogP contribution in [0.15, 0.2) is 12.1 Å². The number of epoxide rings is 1. The van der Waals surface area contributed by atoms with Gasteiger partial charge in [0.25, 0.3) is 0 Å². The summed E-state index contributed by atoms with van der Waals surface area (Å²) in [6.45, 7) is 7.24. The molecule has 2 aliphatic carbocycles. The van der Waals surface area contributed by atoms with Crippen molar-refractivity contribution in [1.82, 2.24) is 4.90 Å². The minimum Gasteiger partial charge on any atom is -0.493 e. The van der Waals surface area contributed by atoms with Gasteiger partial charge >= 0.3 is 5.97 Å². The van der Waals surface area contributed by atoms with Crippen LogP contribution in [0.2, 0.25) is 0 Å². The highest BCUT2D eigenvalue weighted by Crippen LogP contribution is 2.70. The number of rotatable bonds is 4. The highest BCUT2D eigenvalue weighted by Gasteiger charge is 2.78. The number of hydrogen-bond donors (Lipinski definition) is 0. The molecule has 32 heavy (non-hydrogen) atoms. The number of carbonyl (C=O) groups is 1. The largest absolute Gasteiger partial charge is 0.493 e. The smallest absolute Gasteiger partial charge is 0.311 e. The molecule has 3 aliphatic heterocycles. The van der Waals surface area contributed by atoms with E-state index in [0.717, 1.165) is 44.0 Å². The third kappa shape index (κ3) is 2.75. The molecule has 7 unspecified atom stereocenters. The summed E-state index contributed by atoms with van der Waals surface area (Å²) < 4.78 is 23.6. The molecular formula is C26H35NO5. The van der Waals surface area contributed by atoms with Crippen LogP contribution in [0.5, 0.6) is 11.5 Å². The van der Waals surface area contributed by atoms with Crippen molar-refractivity contribution in [1.29, 1.82) is 0 Å². The molecule has 0 amide bonds. The fourth-order valence-corrected chi connectivity index (χ4v) is 7.82. The number of esters is 1. The summed E-state index contributed by atoms with van der Waals surface area (Å²) in [5.74, 6) is 2.20. The standard InChI is InChI=1S/C26H35NO5/c1-15-6-5-8-25(2)12-21-22(23-26(15,25)32-23)18(24(28)31-21)14-27-9-7-16-10-19(29-3)20(30-4)11-17(16)13-27/h10-11,15,18,21-23H,5-9,12-14H2,1-4H3. The van der Waals surface area contributed by atoms with Crippen molar-refractivity contribution in [3.05, 3.63) is 23.3 Å². The van der Waals surface area contributed by atoms with Crippen molar-refractivity contribution >= 4 is 5.97 Å². The van der Waals surface area contributed by atoms with E-state index in [4.69, 9.17) is 18.9 Å². The molecule has 2 saturated heterocycles. The van der Waals surface area contributed by atoms with E-state index in [9.17, 15) is 4.79 Å². The first kappa shape index (κ1) is 20.8.